The molecule has 0 aliphatic rings. The van der Waals surface area contributed by atoms with Crippen LogP contribution in [0.4, 0.5) is 4.79 Å². The number of hydrogen-bond acceptors (Lipinski definition) is 2. The van der Waals surface area contributed by atoms with Crippen LogP contribution >= 0.6 is 0 Å². The van der Waals surface area contributed by atoms with E-state index in [0.717, 1.165) is 0 Å². The SMILES string of the molecule is Cc1cc[c-]cc1.[C-]#[N+]C(C)(C)COC(=O)O.[Y]. The largest absolute Gasteiger partial charge is 0.506 e. The van der Waals surface area contributed by atoms with E-state index in [4.69, 9.17) is 11.7 Å². The van der Waals surface area contributed by atoms with Gasteiger partial charge in [0.05, 0.1) is 0 Å². The van der Waals surface area contributed by atoms with Crippen LogP contribution in [0.3, 0.4) is 0 Å². The summed E-state index contributed by atoms with van der Waals surface area (Å²) in [6.07, 6.45) is -1.34. The van der Waals surface area contributed by atoms with Gasteiger partial charge in [0.25, 0.3) is 5.54 Å². The third-order valence-electron chi connectivity index (χ3n) is 1.74. The third-order valence-corrected chi connectivity index (χ3v) is 1.74. The first-order valence-corrected chi connectivity index (χ1v) is 5.04. The quantitative estimate of drug-likeness (QED) is 0.672. The van der Waals surface area contributed by atoms with Gasteiger partial charge in [-0.3, -0.25) is 0 Å². The van der Waals surface area contributed by atoms with Crippen LogP contribution in [-0.4, -0.2) is 23.4 Å². The van der Waals surface area contributed by atoms with Gasteiger partial charge < -0.3 is 14.7 Å². The Labute approximate surface area is 133 Å². The second-order valence-electron chi connectivity index (χ2n) is 4.06. The van der Waals surface area contributed by atoms with Crippen LogP contribution in [0.15, 0.2) is 24.3 Å². The predicted octanol–water partition coefficient (Wildman–Crippen LogP) is 3.17. The van der Waals surface area contributed by atoms with E-state index in [1.165, 1.54) is 5.56 Å². The number of hydrogen-bond donors (Lipinski definition) is 1. The minimum Gasteiger partial charge on any atom is -0.450 e. The molecule has 1 aromatic carbocycles. The number of ether oxygens (including phenoxy) is 1. The van der Waals surface area contributed by atoms with Crippen molar-refractivity contribution in [3.63, 3.8) is 0 Å². The summed E-state index contributed by atoms with van der Waals surface area (Å²) >= 11 is 0. The van der Waals surface area contributed by atoms with Gasteiger partial charge in [-0.05, 0) is 0 Å². The summed E-state index contributed by atoms with van der Waals surface area (Å²) in [5.41, 5.74) is 0.553. The molecule has 0 aliphatic heterocycles. The molecule has 0 atom stereocenters. The van der Waals surface area contributed by atoms with Crippen molar-refractivity contribution < 1.29 is 47.3 Å². The molecule has 1 rings (SSSR count). The maximum Gasteiger partial charge on any atom is 0.506 e. The zero-order valence-electron chi connectivity index (χ0n) is 10.8. The van der Waals surface area contributed by atoms with Gasteiger partial charge in [-0.25, -0.2) is 11.4 Å². The Morgan fingerprint density at radius 1 is 1.50 bits per heavy atom. The second kappa shape index (κ2) is 10.0. The minimum absolute atomic E-state index is 0. The fraction of sp³-hybridized carbons (Fsp3) is 0.385. The smallest absolute Gasteiger partial charge is 0.450 e. The molecule has 5 heteroatoms. The number of rotatable bonds is 2. The van der Waals surface area contributed by atoms with Crippen molar-refractivity contribution in [1.29, 1.82) is 0 Å². The van der Waals surface area contributed by atoms with Gasteiger partial charge in [0.15, 0.2) is 6.61 Å². The van der Waals surface area contributed by atoms with Crippen molar-refractivity contribution in [2.75, 3.05) is 6.61 Å². The molecular formula is C13H16NO3Y-. The Morgan fingerprint density at radius 3 is 2.28 bits per heavy atom. The summed E-state index contributed by atoms with van der Waals surface area (Å²) < 4.78 is 4.20. The second-order valence-corrected chi connectivity index (χ2v) is 4.06. The molecule has 95 valence electrons. The van der Waals surface area contributed by atoms with Gasteiger partial charge in [-0.1, -0.05) is 6.92 Å². The van der Waals surface area contributed by atoms with E-state index >= 15 is 0 Å². The van der Waals surface area contributed by atoms with Crippen molar-refractivity contribution in [1.82, 2.24) is 0 Å². The van der Waals surface area contributed by atoms with Crippen LogP contribution in [0.25, 0.3) is 4.85 Å². The molecule has 0 amide bonds. The van der Waals surface area contributed by atoms with Gasteiger partial charge in [0, 0.05) is 46.6 Å². The summed E-state index contributed by atoms with van der Waals surface area (Å²) in [6.45, 7) is 11.8. The molecule has 1 aromatic rings. The molecular weight excluding hydrogens is 307 g/mol. The first-order valence-electron chi connectivity index (χ1n) is 5.04. The van der Waals surface area contributed by atoms with Crippen molar-refractivity contribution in [2.24, 2.45) is 0 Å². The van der Waals surface area contributed by atoms with Gasteiger partial charge in [-0.2, -0.15) is 35.9 Å². The van der Waals surface area contributed by atoms with Crippen molar-refractivity contribution in [3.8, 4) is 0 Å². The monoisotopic (exact) mass is 323 g/mol. The first kappa shape index (κ1) is 19.4. The summed E-state index contributed by atoms with van der Waals surface area (Å²) in [5, 5.41) is 8.05. The Hall–Kier alpha value is -0.916. The fourth-order valence-electron chi connectivity index (χ4n) is 0.741. The Kier molecular flexibility index (Phi) is 10.8. The number of nitrogens with zero attached hydrogens (tertiary/aromatic N) is 1. The molecule has 0 unspecified atom stereocenters. The number of carbonyl (C=O) groups is 1. The molecule has 0 saturated heterocycles. The molecule has 0 aromatic heterocycles. The summed E-state index contributed by atoms with van der Waals surface area (Å²) in [6, 6.07) is 10.8. The van der Waals surface area contributed by atoms with Crippen molar-refractivity contribution in [2.45, 2.75) is 26.3 Å². The van der Waals surface area contributed by atoms with Crippen LogP contribution in [0, 0.1) is 19.6 Å². The van der Waals surface area contributed by atoms with Crippen LogP contribution in [0.5, 0.6) is 0 Å². The summed E-state index contributed by atoms with van der Waals surface area (Å²) in [7, 11) is 0. The van der Waals surface area contributed by atoms with Crippen LogP contribution in [-0.2, 0) is 37.4 Å². The first-order chi connectivity index (χ1) is 7.87. The fourth-order valence-corrected chi connectivity index (χ4v) is 0.741. The molecule has 0 bridgehead atoms. The third kappa shape index (κ3) is 11.6. The number of carboxylic acid groups (broad SMARTS) is 1. The van der Waals surface area contributed by atoms with E-state index in [1.807, 2.05) is 24.3 Å². The van der Waals surface area contributed by atoms with Crippen molar-refractivity contribution in [3.05, 3.63) is 47.3 Å². The minimum atomic E-state index is -1.34. The Morgan fingerprint density at radius 2 is 2.00 bits per heavy atom. The molecule has 4 nitrogen and oxygen atoms in total. The van der Waals surface area contributed by atoms with Gasteiger partial charge in [0.2, 0.25) is 0 Å². The van der Waals surface area contributed by atoms with E-state index in [-0.39, 0.29) is 39.3 Å². The average molecular weight is 323 g/mol. The normalized spacial score (nSPS) is 9.00. The predicted molar refractivity (Wildman–Crippen MR) is 64.7 cm³/mol. The molecule has 1 radical (unpaired) electrons. The maximum absolute atomic E-state index is 9.84. The van der Waals surface area contributed by atoms with E-state index in [2.05, 4.69) is 22.6 Å². The Balaban J connectivity index is 0. The van der Waals surface area contributed by atoms with E-state index in [9.17, 15) is 4.79 Å². The van der Waals surface area contributed by atoms with Gasteiger partial charge in [-0.15, -0.1) is 0 Å². The summed E-state index contributed by atoms with van der Waals surface area (Å²) in [5.74, 6) is 0. The van der Waals surface area contributed by atoms with E-state index < -0.39 is 11.7 Å². The maximum atomic E-state index is 9.84. The molecule has 0 heterocycles. The molecule has 0 fully saturated rings. The Bertz CT molecular complexity index is 385. The van der Waals surface area contributed by atoms with Crippen LogP contribution < -0.4 is 0 Å². The topological polar surface area (TPSA) is 50.9 Å². The zero-order chi connectivity index (χ0) is 13.3. The van der Waals surface area contributed by atoms with Gasteiger partial charge >= 0.3 is 6.16 Å². The molecule has 18 heavy (non-hydrogen) atoms. The number of benzene rings is 1. The summed E-state index contributed by atoms with van der Waals surface area (Å²) in [4.78, 5) is 13.0. The number of aryl methyl sites for hydroxylation is 1. The standard InChI is InChI=1S/C7H7.C6H9NO3.Y/c1-7-5-3-2-4-6-7;1-6(2,7-3)4-10-5(8)9;/h3-6H,1H3;4H2,1-2H3,(H,8,9);/q-1;;. The molecule has 0 aliphatic carbocycles. The van der Waals surface area contributed by atoms with Crippen LogP contribution in [0.2, 0.25) is 0 Å². The molecule has 0 saturated carbocycles. The van der Waals surface area contributed by atoms with E-state index in [1.54, 1.807) is 13.8 Å². The van der Waals surface area contributed by atoms with E-state index in [0.29, 0.717) is 0 Å². The molecule has 1 N–H and O–H groups in total. The van der Waals surface area contributed by atoms with Crippen LogP contribution in [0.1, 0.15) is 19.4 Å². The zero-order valence-corrected chi connectivity index (χ0v) is 13.6. The van der Waals surface area contributed by atoms with Gasteiger partial charge in [0.1, 0.15) is 0 Å². The van der Waals surface area contributed by atoms with Crippen molar-refractivity contribution >= 4 is 6.16 Å². The molecule has 0 spiro atoms. The average Bonchev–Trinajstić information content (AvgIpc) is 2.29.